The van der Waals surface area contributed by atoms with Crippen molar-refractivity contribution < 1.29 is 0 Å². The van der Waals surface area contributed by atoms with Gasteiger partial charge in [0.1, 0.15) is 17.5 Å². The monoisotopic (exact) mass is 258 g/mol. The molecule has 1 N–H and O–H groups in total. The zero-order valence-corrected chi connectivity index (χ0v) is 11.5. The third-order valence-corrected chi connectivity index (χ3v) is 3.38. The summed E-state index contributed by atoms with van der Waals surface area (Å²) in [6, 6.07) is 0.336. The summed E-state index contributed by atoms with van der Waals surface area (Å²) in [4.78, 5) is 13.3. The van der Waals surface area contributed by atoms with Crippen molar-refractivity contribution in [2.24, 2.45) is 0 Å². The van der Waals surface area contributed by atoms with E-state index in [2.05, 4.69) is 25.4 Å². The van der Waals surface area contributed by atoms with Gasteiger partial charge < -0.3 is 5.32 Å². The van der Waals surface area contributed by atoms with Gasteiger partial charge in [0.15, 0.2) is 0 Å². The van der Waals surface area contributed by atoms with Crippen LogP contribution >= 0.6 is 0 Å². The highest BCUT2D eigenvalue weighted by Crippen LogP contribution is 2.18. The third kappa shape index (κ3) is 2.43. The van der Waals surface area contributed by atoms with Gasteiger partial charge in [0.2, 0.25) is 0 Å². The number of aryl methyl sites for hydroxylation is 4. The Balaban J connectivity index is 1.77. The normalized spacial score (nSPS) is 18.2. The molecule has 0 aliphatic carbocycles. The lowest BCUT2D eigenvalue weighted by Gasteiger charge is -2.24. The summed E-state index contributed by atoms with van der Waals surface area (Å²) in [5, 5.41) is 7.89. The first-order valence-electron chi connectivity index (χ1n) is 6.59. The molecule has 6 nitrogen and oxygen atoms in total. The number of aromatic nitrogens is 5. The number of nitrogens with zero attached hydrogens (tertiary/aromatic N) is 5. The van der Waals surface area contributed by atoms with E-state index in [1.54, 1.807) is 6.20 Å². The van der Waals surface area contributed by atoms with E-state index in [0.717, 1.165) is 48.2 Å². The topological polar surface area (TPSA) is 68.5 Å². The summed E-state index contributed by atoms with van der Waals surface area (Å²) in [6.45, 7) is 6.70. The lowest BCUT2D eigenvalue weighted by atomic mass is 10.1. The van der Waals surface area contributed by atoms with Crippen LogP contribution in [0.1, 0.15) is 29.5 Å². The average molecular weight is 258 g/mol. The van der Waals surface area contributed by atoms with Crippen LogP contribution in [-0.4, -0.2) is 30.8 Å². The molecule has 0 bridgehead atoms. The first-order valence-corrected chi connectivity index (χ1v) is 6.59. The van der Waals surface area contributed by atoms with E-state index < -0.39 is 0 Å². The molecule has 1 aliphatic heterocycles. The molecule has 0 saturated carbocycles. The molecule has 0 spiro atoms. The molecule has 0 radical (unpaired) electrons. The van der Waals surface area contributed by atoms with Crippen LogP contribution in [0.5, 0.6) is 0 Å². The molecule has 100 valence electrons. The summed E-state index contributed by atoms with van der Waals surface area (Å²) >= 11 is 0. The number of nitrogens with one attached hydrogen (secondary N) is 1. The SMILES string of the molecule is Cc1cnc(C)c(NC2CCc3nc(C)nn3C2)n1. The van der Waals surface area contributed by atoms with Crippen LogP contribution < -0.4 is 5.32 Å². The third-order valence-electron chi connectivity index (χ3n) is 3.38. The standard InChI is InChI=1S/C13H18N6/c1-8-6-14-9(2)13(15-8)17-11-4-5-12-16-10(3)18-19(12)7-11/h6,11H,4-5,7H2,1-3H3,(H,15,17). The summed E-state index contributed by atoms with van der Waals surface area (Å²) < 4.78 is 2.00. The van der Waals surface area contributed by atoms with Gasteiger partial charge in [0.25, 0.3) is 0 Å². The lowest BCUT2D eigenvalue weighted by Crippen LogP contribution is -2.32. The molecule has 19 heavy (non-hydrogen) atoms. The number of rotatable bonds is 2. The largest absolute Gasteiger partial charge is 0.364 e. The molecule has 1 atom stereocenters. The van der Waals surface area contributed by atoms with Crippen molar-refractivity contribution in [3.8, 4) is 0 Å². The van der Waals surface area contributed by atoms with Crippen LogP contribution in [0.2, 0.25) is 0 Å². The molecule has 6 heteroatoms. The fourth-order valence-corrected chi connectivity index (χ4v) is 2.42. The van der Waals surface area contributed by atoms with Gasteiger partial charge in [-0.3, -0.25) is 4.98 Å². The highest BCUT2D eigenvalue weighted by Gasteiger charge is 2.21. The van der Waals surface area contributed by atoms with Gasteiger partial charge in [0, 0.05) is 18.7 Å². The van der Waals surface area contributed by atoms with E-state index in [0.29, 0.717) is 6.04 Å². The van der Waals surface area contributed by atoms with Gasteiger partial charge in [-0.15, -0.1) is 0 Å². The van der Waals surface area contributed by atoms with Crippen LogP contribution in [0.3, 0.4) is 0 Å². The maximum absolute atomic E-state index is 4.51. The minimum absolute atomic E-state index is 0.336. The van der Waals surface area contributed by atoms with Crippen molar-refractivity contribution in [2.45, 2.75) is 46.2 Å². The summed E-state index contributed by atoms with van der Waals surface area (Å²) in [7, 11) is 0. The molecule has 0 saturated heterocycles. The molecule has 3 rings (SSSR count). The van der Waals surface area contributed by atoms with Gasteiger partial charge in [0.05, 0.1) is 17.9 Å². The fourth-order valence-electron chi connectivity index (χ4n) is 2.42. The lowest BCUT2D eigenvalue weighted by molar-refractivity contribution is 0.439. The van der Waals surface area contributed by atoms with Gasteiger partial charge in [-0.25, -0.2) is 14.6 Å². The summed E-state index contributed by atoms with van der Waals surface area (Å²) in [5.41, 5.74) is 1.87. The zero-order valence-electron chi connectivity index (χ0n) is 11.5. The maximum Gasteiger partial charge on any atom is 0.148 e. The Kier molecular flexibility index (Phi) is 2.93. The number of anilines is 1. The van der Waals surface area contributed by atoms with Gasteiger partial charge in [-0.2, -0.15) is 5.10 Å². The van der Waals surface area contributed by atoms with E-state index in [1.165, 1.54) is 0 Å². The quantitative estimate of drug-likeness (QED) is 0.882. The number of hydrogen-bond acceptors (Lipinski definition) is 5. The highest BCUT2D eigenvalue weighted by molar-refractivity contribution is 5.40. The van der Waals surface area contributed by atoms with Crippen LogP contribution in [0.4, 0.5) is 5.82 Å². The van der Waals surface area contributed by atoms with Crippen LogP contribution in [0.25, 0.3) is 0 Å². The fraction of sp³-hybridized carbons (Fsp3) is 0.538. The number of fused-ring (bicyclic) bond motifs is 1. The predicted octanol–water partition coefficient (Wildman–Crippen LogP) is 1.42. The molecule has 2 aromatic rings. The zero-order chi connectivity index (χ0) is 13.4. The van der Waals surface area contributed by atoms with Crippen molar-refractivity contribution in [1.82, 2.24) is 24.7 Å². The molecular weight excluding hydrogens is 240 g/mol. The van der Waals surface area contributed by atoms with Gasteiger partial charge >= 0.3 is 0 Å². The van der Waals surface area contributed by atoms with Crippen LogP contribution in [0, 0.1) is 20.8 Å². The molecule has 1 unspecified atom stereocenters. The smallest absolute Gasteiger partial charge is 0.148 e. The maximum atomic E-state index is 4.51. The van der Waals surface area contributed by atoms with E-state index in [1.807, 2.05) is 25.5 Å². The predicted molar refractivity (Wildman–Crippen MR) is 72.0 cm³/mol. The van der Waals surface area contributed by atoms with E-state index >= 15 is 0 Å². The van der Waals surface area contributed by atoms with Crippen LogP contribution in [-0.2, 0) is 13.0 Å². The molecule has 0 fully saturated rings. The second-order valence-corrected chi connectivity index (χ2v) is 5.08. The van der Waals surface area contributed by atoms with Crippen molar-refractivity contribution >= 4 is 5.82 Å². The second kappa shape index (κ2) is 4.60. The molecular formula is C13H18N6. The molecule has 3 heterocycles. The summed E-state index contributed by atoms with van der Waals surface area (Å²) in [6.07, 6.45) is 3.80. The highest BCUT2D eigenvalue weighted by atomic mass is 15.4. The van der Waals surface area contributed by atoms with Gasteiger partial charge in [-0.1, -0.05) is 0 Å². The molecule has 2 aromatic heterocycles. The van der Waals surface area contributed by atoms with E-state index in [4.69, 9.17) is 0 Å². The van der Waals surface area contributed by atoms with Crippen molar-refractivity contribution in [3.63, 3.8) is 0 Å². The van der Waals surface area contributed by atoms with Crippen LogP contribution in [0.15, 0.2) is 6.20 Å². The van der Waals surface area contributed by atoms with Gasteiger partial charge in [-0.05, 0) is 27.2 Å². The van der Waals surface area contributed by atoms with Crippen molar-refractivity contribution in [2.75, 3.05) is 5.32 Å². The Labute approximate surface area is 112 Å². The van der Waals surface area contributed by atoms with E-state index in [9.17, 15) is 0 Å². The minimum atomic E-state index is 0.336. The molecule has 0 aromatic carbocycles. The average Bonchev–Trinajstić information content (AvgIpc) is 2.73. The Morgan fingerprint density at radius 3 is 2.95 bits per heavy atom. The first-order chi connectivity index (χ1) is 9.11. The Morgan fingerprint density at radius 2 is 2.11 bits per heavy atom. The van der Waals surface area contributed by atoms with Crippen molar-refractivity contribution in [3.05, 3.63) is 29.2 Å². The number of hydrogen-bond donors (Lipinski definition) is 1. The molecule has 1 aliphatic rings. The second-order valence-electron chi connectivity index (χ2n) is 5.08. The Morgan fingerprint density at radius 1 is 1.26 bits per heavy atom. The van der Waals surface area contributed by atoms with E-state index in [-0.39, 0.29) is 0 Å². The Hall–Kier alpha value is -1.98. The summed E-state index contributed by atoms with van der Waals surface area (Å²) in [5.74, 6) is 2.81. The Bertz CT molecular complexity index is 603. The first kappa shape index (κ1) is 12.1. The van der Waals surface area contributed by atoms with Crippen molar-refractivity contribution in [1.29, 1.82) is 0 Å². The molecule has 0 amide bonds. The minimum Gasteiger partial charge on any atom is -0.364 e.